The number of phenolic OH excluding ortho intramolecular Hbond substituents is 1. The number of benzene rings is 1. The summed E-state index contributed by atoms with van der Waals surface area (Å²) in [4.78, 5) is 12.5. The molecule has 2 N–H and O–H groups in total. The van der Waals surface area contributed by atoms with E-state index in [1.807, 2.05) is 13.0 Å². The van der Waals surface area contributed by atoms with Crippen molar-refractivity contribution in [1.82, 2.24) is 0 Å². The Morgan fingerprint density at radius 2 is 2.11 bits per heavy atom. The van der Waals surface area contributed by atoms with Crippen molar-refractivity contribution in [3.05, 3.63) is 23.8 Å². The second-order valence-electron chi connectivity index (χ2n) is 6.23. The third kappa shape index (κ3) is 2.91. The molecule has 104 valence electrons. The first-order valence-electron chi connectivity index (χ1n) is 7.01. The Hall–Kier alpha value is -1.51. The second-order valence-corrected chi connectivity index (χ2v) is 6.23. The molecule has 1 atom stereocenters. The number of nitrogens with one attached hydrogen (secondary N) is 1. The molecule has 1 saturated carbocycles. The van der Waals surface area contributed by atoms with Crippen LogP contribution in [0.1, 0.15) is 45.1 Å². The Bertz CT molecular complexity index is 480. The number of hydrogen-bond donors (Lipinski definition) is 2. The van der Waals surface area contributed by atoms with Gasteiger partial charge in [0.05, 0.1) is 0 Å². The van der Waals surface area contributed by atoms with Gasteiger partial charge in [0.15, 0.2) is 0 Å². The summed E-state index contributed by atoms with van der Waals surface area (Å²) in [6, 6.07) is 5.22. The standard InChI is InChI=1S/C16H23NO2/c1-11-13(8-6-9-14(11)18)17-15(19)12-7-4-5-10-16(12,2)3/h6,8-9,12,18H,4-5,7,10H2,1-3H3,(H,17,19). The molecule has 0 aliphatic heterocycles. The van der Waals surface area contributed by atoms with Crippen molar-refractivity contribution in [2.24, 2.45) is 11.3 Å². The van der Waals surface area contributed by atoms with E-state index in [0.717, 1.165) is 24.8 Å². The fraction of sp³-hybridized carbons (Fsp3) is 0.562. The molecular weight excluding hydrogens is 238 g/mol. The summed E-state index contributed by atoms with van der Waals surface area (Å²) in [6.07, 6.45) is 4.39. The van der Waals surface area contributed by atoms with E-state index in [9.17, 15) is 9.90 Å². The maximum atomic E-state index is 12.5. The first kappa shape index (κ1) is 13.9. The monoisotopic (exact) mass is 261 g/mol. The topological polar surface area (TPSA) is 49.3 Å². The van der Waals surface area contributed by atoms with Crippen molar-refractivity contribution in [1.29, 1.82) is 0 Å². The van der Waals surface area contributed by atoms with Crippen LogP contribution >= 0.6 is 0 Å². The Morgan fingerprint density at radius 1 is 1.37 bits per heavy atom. The SMILES string of the molecule is Cc1c(O)cccc1NC(=O)C1CCCCC1(C)C. The quantitative estimate of drug-likeness (QED) is 0.849. The lowest BCUT2D eigenvalue weighted by atomic mass is 9.68. The molecule has 0 aromatic heterocycles. The second kappa shape index (κ2) is 5.24. The first-order valence-corrected chi connectivity index (χ1v) is 7.01. The third-order valence-electron chi connectivity index (χ3n) is 4.39. The predicted octanol–water partition coefficient (Wildman–Crippen LogP) is 3.86. The van der Waals surface area contributed by atoms with Crippen LogP contribution in [0.25, 0.3) is 0 Å². The van der Waals surface area contributed by atoms with Gasteiger partial charge in [0, 0.05) is 17.2 Å². The summed E-state index contributed by atoms with van der Waals surface area (Å²) in [5.41, 5.74) is 1.50. The predicted molar refractivity (Wildman–Crippen MR) is 77.2 cm³/mol. The molecule has 0 heterocycles. The van der Waals surface area contributed by atoms with E-state index in [1.54, 1.807) is 12.1 Å². The zero-order valence-electron chi connectivity index (χ0n) is 12.0. The number of carbonyl (C=O) groups is 1. The van der Waals surface area contributed by atoms with Gasteiger partial charge in [-0.3, -0.25) is 4.79 Å². The van der Waals surface area contributed by atoms with Crippen LogP contribution in [0.5, 0.6) is 5.75 Å². The maximum Gasteiger partial charge on any atom is 0.228 e. The number of amides is 1. The van der Waals surface area contributed by atoms with Crippen LogP contribution in [0.2, 0.25) is 0 Å². The first-order chi connectivity index (χ1) is 8.92. The van der Waals surface area contributed by atoms with Crippen LogP contribution in [-0.2, 0) is 4.79 Å². The highest BCUT2D eigenvalue weighted by Gasteiger charge is 2.37. The van der Waals surface area contributed by atoms with Crippen LogP contribution in [0.3, 0.4) is 0 Å². The van der Waals surface area contributed by atoms with Gasteiger partial charge in [-0.1, -0.05) is 32.8 Å². The van der Waals surface area contributed by atoms with Crippen molar-refractivity contribution in [2.75, 3.05) is 5.32 Å². The smallest absolute Gasteiger partial charge is 0.228 e. The molecule has 0 saturated heterocycles. The number of aromatic hydroxyl groups is 1. The summed E-state index contributed by atoms with van der Waals surface area (Å²) < 4.78 is 0. The minimum absolute atomic E-state index is 0.0583. The molecule has 1 aromatic rings. The highest BCUT2D eigenvalue weighted by molar-refractivity contribution is 5.94. The maximum absolute atomic E-state index is 12.5. The molecule has 1 aliphatic carbocycles. The van der Waals surface area contributed by atoms with Gasteiger partial charge in [0.2, 0.25) is 5.91 Å². The van der Waals surface area contributed by atoms with Gasteiger partial charge in [0.1, 0.15) is 5.75 Å². The van der Waals surface area contributed by atoms with Gasteiger partial charge in [-0.25, -0.2) is 0 Å². The molecule has 2 rings (SSSR count). The average molecular weight is 261 g/mol. The van der Waals surface area contributed by atoms with E-state index in [4.69, 9.17) is 0 Å². The summed E-state index contributed by atoms with van der Waals surface area (Å²) in [6.45, 7) is 6.16. The Kier molecular flexibility index (Phi) is 3.83. The molecule has 1 aliphatic rings. The zero-order valence-corrected chi connectivity index (χ0v) is 12.0. The van der Waals surface area contributed by atoms with Gasteiger partial charge in [-0.2, -0.15) is 0 Å². The van der Waals surface area contributed by atoms with E-state index < -0.39 is 0 Å². The van der Waals surface area contributed by atoms with Gasteiger partial charge in [-0.15, -0.1) is 0 Å². The van der Waals surface area contributed by atoms with Crippen molar-refractivity contribution in [3.8, 4) is 5.75 Å². The summed E-state index contributed by atoms with van der Waals surface area (Å²) in [5.74, 6) is 0.363. The molecule has 1 fully saturated rings. The summed E-state index contributed by atoms with van der Waals surface area (Å²) in [5, 5.41) is 12.7. The normalized spacial score (nSPS) is 21.9. The van der Waals surface area contributed by atoms with E-state index in [0.29, 0.717) is 5.69 Å². The van der Waals surface area contributed by atoms with Crippen molar-refractivity contribution in [3.63, 3.8) is 0 Å². The van der Waals surface area contributed by atoms with Gasteiger partial charge in [-0.05, 0) is 37.3 Å². The van der Waals surface area contributed by atoms with E-state index in [2.05, 4.69) is 19.2 Å². The lowest BCUT2D eigenvalue weighted by Gasteiger charge is -2.37. The number of hydrogen-bond acceptors (Lipinski definition) is 2. The van der Waals surface area contributed by atoms with Gasteiger partial charge < -0.3 is 10.4 Å². The highest BCUT2D eigenvalue weighted by Crippen LogP contribution is 2.41. The summed E-state index contributed by atoms with van der Waals surface area (Å²) in [7, 11) is 0. The van der Waals surface area contributed by atoms with Crippen molar-refractivity contribution in [2.45, 2.75) is 46.5 Å². The Labute approximate surface area is 115 Å². The Morgan fingerprint density at radius 3 is 2.79 bits per heavy atom. The molecule has 1 aromatic carbocycles. The Balaban J connectivity index is 2.14. The van der Waals surface area contributed by atoms with Crippen LogP contribution in [0.4, 0.5) is 5.69 Å². The molecule has 3 heteroatoms. The van der Waals surface area contributed by atoms with Gasteiger partial charge >= 0.3 is 0 Å². The fourth-order valence-electron chi connectivity index (χ4n) is 2.96. The minimum Gasteiger partial charge on any atom is -0.508 e. The number of carbonyl (C=O) groups excluding carboxylic acids is 1. The van der Waals surface area contributed by atoms with E-state index in [-0.39, 0.29) is 23.0 Å². The van der Waals surface area contributed by atoms with Crippen molar-refractivity contribution >= 4 is 11.6 Å². The van der Waals surface area contributed by atoms with Crippen molar-refractivity contribution < 1.29 is 9.90 Å². The average Bonchev–Trinajstić information content (AvgIpc) is 2.34. The van der Waals surface area contributed by atoms with Crippen LogP contribution in [-0.4, -0.2) is 11.0 Å². The molecular formula is C16H23NO2. The van der Waals surface area contributed by atoms with Crippen LogP contribution in [0.15, 0.2) is 18.2 Å². The lowest BCUT2D eigenvalue weighted by Crippen LogP contribution is -2.37. The largest absolute Gasteiger partial charge is 0.508 e. The van der Waals surface area contributed by atoms with Gasteiger partial charge in [0.25, 0.3) is 0 Å². The molecule has 0 spiro atoms. The highest BCUT2D eigenvalue weighted by atomic mass is 16.3. The molecule has 19 heavy (non-hydrogen) atoms. The van der Waals surface area contributed by atoms with Crippen LogP contribution < -0.4 is 5.32 Å². The molecule has 1 unspecified atom stereocenters. The molecule has 0 bridgehead atoms. The third-order valence-corrected chi connectivity index (χ3v) is 4.39. The summed E-state index contributed by atoms with van der Waals surface area (Å²) >= 11 is 0. The fourth-order valence-corrected chi connectivity index (χ4v) is 2.96. The molecule has 0 radical (unpaired) electrons. The molecule has 3 nitrogen and oxygen atoms in total. The molecule has 1 amide bonds. The minimum atomic E-state index is 0.0583. The van der Waals surface area contributed by atoms with Crippen LogP contribution in [0, 0.1) is 18.3 Å². The van der Waals surface area contributed by atoms with E-state index in [1.165, 1.54) is 6.42 Å². The number of rotatable bonds is 2. The number of phenols is 1. The van der Waals surface area contributed by atoms with E-state index >= 15 is 0 Å². The lowest BCUT2D eigenvalue weighted by molar-refractivity contribution is -0.124. The zero-order chi connectivity index (χ0) is 14.0. The number of anilines is 1.